The van der Waals surface area contributed by atoms with Crippen molar-refractivity contribution in [2.45, 2.75) is 19.5 Å². The van der Waals surface area contributed by atoms with Crippen LogP contribution < -0.4 is 0 Å². The molecule has 1 aliphatic heterocycles. The van der Waals surface area contributed by atoms with Crippen LogP contribution in [0.5, 0.6) is 0 Å². The molecule has 3 aromatic heterocycles. The van der Waals surface area contributed by atoms with E-state index in [0.29, 0.717) is 27.4 Å². The van der Waals surface area contributed by atoms with Crippen molar-refractivity contribution in [3.63, 3.8) is 0 Å². The topological polar surface area (TPSA) is 71.9 Å². The number of amides is 1. The third-order valence-electron chi connectivity index (χ3n) is 3.95. The number of hydrogen-bond acceptors (Lipinski definition) is 6. The van der Waals surface area contributed by atoms with Crippen molar-refractivity contribution in [1.82, 2.24) is 24.8 Å². The van der Waals surface area contributed by atoms with Gasteiger partial charge in [-0.2, -0.15) is 0 Å². The first-order valence-corrected chi connectivity index (χ1v) is 8.52. The van der Waals surface area contributed by atoms with E-state index in [9.17, 15) is 4.79 Å². The smallest absolute Gasteiger partial charge is 0.264 e. The van der Waals surface area contributed by atoms with Gasteiger partial charge >= 0.3 is 0 Å². The Morgan fingerprint density at radius 2 is 2.04 bits per heavy atom. The minimum atomic E-state index is -0.0842. The molecule has 0 N–H and O–H groups in total. The minimum Gasteiger partial charge on any atom is -0.325 e. The summed E-state index contributed by atoms with van der Waals surface area (Å²) in [5.41, 5.74) is 1.78. The molecule has 1 aliphatic rings. The Morgan fingerprint density at radius 3 is 2.75 bits per heavy atom. The van der Waals surface area contributed by atoms with Gasteiger partial charge in [-0.1, -0.05) is 11.6 Å². The van der Waals surface area contributed by atoms with E-state index < -0.39 is 0 Å². The van der Waals surface area contributed by atoms with Gasteiger partial charge in [0.1, 0.15) is 0 Å². The molecule has 0 aromatic carbocycles. The largest absolute Gasteiger partial charge is 0.325 e. The first-order chi connectivity index (χ1) is 11.6. The number of nitrogens with zero attached hydrogens (tertiary/aromatic N) is 5. The first-order valence-electron chi connectivity index (χ1n) is 7.33. The highest BCUT2D eigenvalue weighted by Crippen LogP contribution is 2.35. The third-order valence-corrected chi connectivity index (χ3v) is 5.17. The molecule has 0 spiro atoms. The van der Waals surface area contributed by atoms with Crippen LogP contribution in [0.15, 0.2) is 36.8 Å². The summed E-state index contributed by atoms with van der Waals surface area (Å²) < 4.78 is 0.603. The van der Waals surface area contributed by atoms with Crippen molar-refractivity contribution < 1.29 is 4.79 Å². The molecule has 3 aromatic rings. The number of halogens is 1. The lowest BCUT2D eigenvalue weighted by atomic mass is 10.1. The third kappa shape index (κ3) is 2.55. The summed E-state index contributed by atoms with van der Waals surface area (Å²) in [5.74, 6) is 0.896. The fraction of sp³-hybridized carbons (Fsp3) is 0.188. The normalized spacial score (nSPS) is 16.2. The second-order valence-electron chi connectivity index (χ2n) is 5.38. The Balaban J connectivity index is 1.65. The molecule has 0 bridgehead atoms. The van der Waals surface area contributed by atoms with E-state index in [1.165, 1.54) is 11.3 Å². The van der Waals surface area contributed by atoms with Gasteiger partial charge in [0.25, 0.3) is 5.91 Å². The van der Waals surface area contributed by atoms with Crippen molar-refractivity contribution >= 4 is 28.8 Å². The molecule has 4 rings (SSSR count). The van der Waals surface area contributed by atoms with Gasteiger partial charge in [0.05, 0.1) is 27.5 Å². The lowest BCUT2D eigenvalue weighted by Gasteiger charge is -2.20. The predicted octanol–water partition coefficient (Wildman–Crippen LogP) is 3.37. The highest BCUT2D eigenvalue weighted by molar-refractivity contribution is 7.17. The summed E-state index contributed by atoms with van der Waals surface area (Å²) in [5, 5.41) is 0. The molecule has 0 saturated carbocycles. The van der Waals surface area contributed by atoms with Gasteiger partial charge in [-0.25, -0.2) is 19.9 Å². The fourth-order valence-electron chi connectivity index (χ4n) is 2.71. The van der Waals surface area contributed by atoms with Crippen LogP contribution >= 0.6 is 22.9 Å². The number of rotatable bonds is 2. The molecule has 1 unspecified atom stereocenters. The van der Waals surface area contributed by atoms with Crippen molar-refractivity contribution in [2.75, 3.05) is 0 Å². The van der Waals surface area contributed by atoms with Gasteiger partial charge in [-0.05, 0) is 25.1 Å². The van der Waals surface area contributed by atoms with Crippen LogP contribution in [-0.4, -0.2) is 30.7 Å². The van der Waals surface area contributed by atoms with Gasteiger partial charge in [0, 0.05) is 24.2 Å². The van der Waals surface area contributed by atoms with Crippen molar-refractivity contribution in [1.29, 1.82) is 0 Å². The number of fused-ring (bicyclic) bond motifs is 1. The summed E-state index contributed by atoms with van der Waals surface area (Å²) in [6.07, 6.45) is 5.06. The van der Waals surface area contributed by atoms with Gasteiger partial charge < -0.3 is 4.90 Å². The molecule has 24 heavy (non-hydrogen) atoms. The number of carbonyl (C=O) groups excluding carboxylic acids is 1. The Hall–Kier alpha value is -2.38. The maximum Gasteiger partial charge on any atom is 0.264 e. The number of thiophene rings is 1. The van der Waals surface area contributed by atoms with Crippen LogP contribution in [0.3, 0.4) is 0 Å². The highest BCUT2D eigenvalue weighted by atomic mass is 35.5. The predicted molar refractivity (Wildman–Crippen MR) is 90.7 cm³/mol. The van der Waals surface area contributed by atoms with E-state index in [0.717, 1.165) is 11.3 Å². The molecule has 6 nitrogen and oxygen atoms in total. The molecule has 120 valence electrons. The van der Waals surface area contributed by atoms with E-state index in [1.807, 2.05) is 6.92 Å². The number of carbonyl (C=O) groups is 1. The van der Waals surface area contributed by atoms with Gasteiger partial charge in [-0.15, -0.1) is 11.3 Å². The molecular weight excluding hydrogens is 346 g/mol. The Morgan fingerprint density at radius 1 is 1.25 bits per heavy atom. The van der Waals surface area contributed by atoms with Crippen LogP contribution in [-0.2, 0) is 6.54 Å². The van der Waals surface area contributed by atoms with Crippen LogP contribution in [0.4, 0.5) is 0 Å². The van der Waals surface area contributed by atoms with E-state index in [4.69, 9.17) is 11.6 Å². The van der Waals surface area contributed by atoms with Crippen LogP contribution in [0, 0.1) is 0 Å². The van der Waals surface area contributed by atoms with Crippen molar-refractivity contribution in [2.24, 2.45) is 0 Å². The van der Waals surface area contributed by atoms with E-state index in [2.05, 4.69) is 19.9 Å². The maximum atomic E-state index is 12.7. The van der Waals surface area contributed by atoms with E-state index in [1.54, 1.807) is 41.7 Å². The van der Waals surface area contributed by atoms with Crippen molar-refractivity contribution in [3.05, 3.63) is 57.3 Å². The Kier molecular flexibility index (Phi) is 3.74. The lowest BCUT2D eigenvalue weighted by molar-refractivity contribution is 0.0709. The zero-order valence-electron chi connectivity index (χ0n) is 12.7. The highest BCUT2D eigenvalue weighted by Gasteiger charge is 2.33. The van der Waals surface area contributed by atoms with Gasteiger partial charge in [-0.3, -0.25) is 4.79 Å². The molecular formula is C16H12ClN5OS. The molecule has 0 aliphatic carbocycles. The lowest BCUT2D eigenvalue weighted by Crippen LogP contribution is -2.27. The van der Waals surface area contributed by atoms with Gasteiger partial charge in [0.2, 0.25) is 0 Å². The molecule has 8 heteroatoms. The number of hydrogen-bond donors (Lipinski definition) is 0. The minimum absolute atomic E-state index is 0.0464. The van der Waals surface area contributed by atoms with Crippen LogP contribution in [0.25, 0.3) is 11.6 Å². The summed E-state index contributed by atoms with van der Waals surface area (Å²) in [4.78, 5) is 32.3. The molecule has 4 heterocycles. The maximum absolute atomic E-state index is 12.7. The fourth-order valence-corrected chi connectivity index (χ4v) is 3.71. The summed E-state index contributed by atoms with van der Waals surface area (Å²) in [7, 11) is 0. The standard InChI is InChI=1S/C16H12ClN5OS/c1-9-10-7-20-15(14-18-5-2-6-19-14)21-11(10)8-22(9)16(23)12-3-4-13(17)24-12/h2-7,9H,8H2,1H3. The van der Waals surface area contributed by atoms with E-state index >= 15 is 0 Å². The SMILES string of the molecule is CC1c2cnc(-c3ncccn3)nc2CN1C(=O)c1ccc(Cl)s1. The number of aromatic nitrogens is 4. The Bertz CT molecular complexity index is 914. The summed E-state index contributed by atoms with van der Waals surface area (Å²) in [6, 6.07) is 5.14. The molecule has 0 saturated heterocycles. The average Bonchev–Trinajstić information content (AvgIpc) is 3.19. The summed E-state index contributed by atoms with van der Waals surface area (Å²) in [6.45, 7) is 2.41. The second kappa shape index (κ2) is 5.92. The van der Waals surface area contributed by atoms with Gasteiger partial charge in [0.15, 0.2) is 11.6 Å². The Labute approximate surface area is 147 Å². The molecule has 1 atom stereocenters. The second-order valence-corrected chi connectivity index (χ2v) is 7.10. The first kappa shape index (κ1) is 15.2. The average molecular weight is 358 g/mol. The van der Waals surface area contributed by atoms with Crippen LogP contribution in [0.1, 0.15) is 33.9 Å². The molecule has 1 amide bonds. The summed E-state index contributed by atoms with van der Waals surface area (Å²) >= 11 is 7.22. The van der Waals surface area contributed by atoms with Crippen LogP contribution in [0.2, 0.25) is 4.34 Å². The molecule has 0 radical (unpaired) electrons. The zero-order valence-corrected chi connectivity index (χ0v) is 14.3. The quantitative estimate of drug-likeness (QED) is 0.703. The zero-order chi connectivity index (χ0) is 16.7. The monoisotopic (exact) mass is 357 g/mol. The van der Waals surface area contributed by atoms with Crippen molar-refractivity contribution in [3.8, 4) is 11.6 Å². The van der Waals surface area contributed by atoms with E-state index in [-0.39, 0.29) is 11.9 Å². The molecule has 0 fully saturated rings.